The molecular weight excluding hydrogens is 226 g/mol. The molecule has 0 saturated heterocycles. The van der Waals surface area contributed by atoms with E-state index in [4.69, 9.17) is 11.6 Å². The van der Waals surface area contributed by atoms with Crippen LogP contribution in [-0.2, 0) is 13.0 Å². The summed E-state index contributed by atoms with van der Waals surface area (Å²) < 4.78 is 0. The van der Waals surface area contributed by atoms with Gasteiger partial charge in [0.2, 0.25) is 0 Å². The summed E-state index contributed by atoms with van der Waals surface area (Å²) in [6.07, 6.45) is 2.19. The first-order chi connectivity index (χ1) is 7.13. The number of hydrogen-bond acceptors (Lipinski definition) is 2. The van der Waals surface area contributed by atoms with E-state index in [2.05, 4.69) is 38.2 Å². The van der Waals surface area contributed by atoms with Crippen LogP contribution in [0.1, 0.15) is 36.9 Å². The minimum absolute atomic E-state index is 0.0674. The number of thiophene rings is 1. The van der Waals surface area contributed by atoms with Crippen molar-refractivity contribution in [1.82, 2.24) is 5.32 Å². The molecule has 0 fully saturated rings. The molecule has 0 aliphatic rings. The summed E-state index contributed by atoms with van der Waals surface area (Å²) in [5.74, 6) is 0.662. The summed E-state index contributed by atoms with van der Waals surface area (Å²) in [5.41, 5.74) is 0.0674. The predicted octanol–water partition coefficient (Wildman–Crippen LogP) is 3.81. The van der Waals surface area contributed by atoms with E-state index in [1.807, 2.05) is 11.3 Å². The Labute approximate surface area is 102 Å². The van der Waals surface area contributed by atoms with Crippen LogP contribution in [0.25, 0.3) is 0 Å². The number of alkyl halides is 1. The Morgan fingerprint density at radius 2 is 2.00 bits per heavy atom. The maximum Gasteiger partial charge on any atom is 0.0403 e. The SMILES string of the molecule is CCc1ccc(CNC(C)(CC)CCl)s1. The van der Waals surface area contributed by atoms with Gasteiger partial charge in [0, 0.05) is 27.7 Å². The summed E-state index contributed by atoms with van der Waals surface area (Å²) >= 11 is 7.84. The third-order valence-corrected chi connectivity index (χ3v) is 4.65. The predicted molar refractivity (Wildman–Crippen MR) is 70.0 cm³/mol. The van der Waals surface area contributed by atoms with Crippen molar-refractivity contribution in [1.29, 1.82) is 0 Å². The van der Waals surface area contributed by atoms with Gasteiger partial charge in [-0.2, -0.15) is 0 Å². The van der Waals surface area contributed by atoms with Crippen LogP contribution in [0.5, 0.6) is 0 Å². The molecule has 0 aromatic carbocycles. The van der Waals surface area contributed by atoms with Gasteiger partial charge < -0.3 is 5.32 Å². The van der Waals surface area contributed by atoms with E-state index in [0.29, 0.717) is 5.88 Å². The minimum Gasteiger partial charge on any atom is -0.305 e. The first-order valence-corrected chi connectivity index (χ1v) is 6.87. The van der Waals surface area contributed by atoms with Crippen LogP contribution in [0.15, 0.2) is 12.1 Å². The van der Waals surface area contributed by atoms with Gasteiger partial charge in [0.15, 0.2) is 0 Å². The number of nitrogens with one attached hydrogen (secondary N) is 1. The van der Waals surface area contributed by atoms with Gasteiger partial charge >= 0.3 is 0 Å². The number of hydrogen-bond donors (Lipinski definition) is 1. The Kier molecular flexibility index (Phi) is 5.10. The van der Waals surface area contributed by atoms with Crippen molar-refractivity contribution >= 4 is 22.9 Å². The van der Waals surface area contributed by atoms with E-state index in [-0.39, 0.29) is 5.54 Å². The lowest BCUT2D eigenvalue weighted by molar-refractivity contribution is 0.381. The molecule has 3 heteroatoms. The minimum atomic E-state index is 0.0674. The van der Waals surface area contributed by atoms with Crippen molar-refractivity contribution in [2.75, 3.05) is 5.88 Å². The van der Waals surface area contributed by atoms with E-state index < -0.39 is 0 Å². The molecule has 1 unspecified atom stereocenters. The van der Waals surface area contributed by atoms with Gasteiger partial charge in [-0.15, -0.1) is 22.9 Å². The van der Waals surface area contributed by atoms with Gasteiger partial charge in [0.1, 0.15) is 0 Å². The molecule has 0 radical (unpaired) electrons. The Balaban J connectivity index is 2.49. The fraction of sp³-hybridized carbons (Fsp3) is 0.667. The molecule has 0 aliphatic heterocycles. The quantitative estimate of drug-likeness (QED) is 0.752. The third kappa shape index (κ3) is 3.78. The standard InChI is InChI=1S/C12H20ClNS/c1-4-10-6-7-11(15-10)8-14-12(3,5-2)9-13/h6-7,14H,4-5,8-9H2,1-3H3. The molecular formula is C12H20ClNS. The number of aryl methyl sites for hydroxylation is 1. The highest BCUT2D eigenvalue weighted by molar-refractivity contribution is 7.11. The van der Waals surface area contributed by atoms with E-state index in [0.717, 1.165) is 19.4 Å². The highest BCUT2D eigenvalue weighted by atomic mass is 35.5. The van der Waals surface area contributed by atoms with Gasteiger partial charge in [-0.3, -0.25) is 0 Å². The lowest BCUT2D eigenvalue weighted by Gasteiger charge is -2.26. The summed E-state index contributed by atoms with van der Waals surface area (Å²) in [7, 11) is 0. The number of halogens is 1. The largest absolute Gasteiger partial charge is 0.305 e. The molecule has 1 heterocycles. The Morgan fingerprint density at radius 3 is 2.47 bits per heavy atom. The van der Waals surface area contributed by atoms with Gasteiger partial charge in [-0.25, -0.2) is 0 Å². The Hall–Kier alpha value is -0.0500. The van der Waals surface area contributed by atoms with Crippen molar-refractivity contribution in [3.05, 3.63) is 21.9 Å². The molecule has 1 aromatic heterocycles. The summed E-state index contributed by atoms with van der Waals surface area (Å²) in [4.78, 5) is 2.85. The third-order valence-electron chi connectivity index (χ3n) is 2.83. The zero-order valence-electron chi connectivity index (χ0n) is 9.77. The molecule has 0 aliphatic carbocycles. The Morgan fingerprint density at radius 1 is 1.33 bits per heavy atom. The lowest BCUT2D eigenvalue weighted by atomic mass is 10.0. The van der Waals surface area contributed by atoms with Crippen molar-refractivity contribution in [2.45, 2.75) is 45.7 Å². The van der Waals surface area contributed by atoms with E-state index in [1.165, 1.54) is 9.75 Å². The van der Waals surface area contributed by atoms with E-state index in [1.54, 1.807) is 0 Å². The van der Waals surface area contributed by atoms with Crippen LogP contribution in [-0.4, -0.2) is 11.4 Å². The van der Waals surface area contributed by atoms with Crippen molar-refractivity contribution in [2.24, 2.45) is 0 Å². The average Bonchev–Trinajstić information content (AvgIpc) is 2.74. The first-order valence-electron chi connectivity index (χ1n) is 5.52. The van der Waals surface area contributed by atoms with Crippen molar-refractivity contribution in [3.8, 4) is 0 Å². The molecule has 1 aromatic rings. The van der Waals surface area contributed by atoms with Crippen molar-refractivity contribution in [3.63, 3.8) is 0 Å². The molecule has 0 bridgehead atoms. The summed E-state index contributed by atoms with van der Waals surface area (Å²) in [6, 6.07) is 4.42. The highest BCUT2D eigenvalue weighted by Gasteiger charge is 2.19. The fourth-order valence-corrected chi connectivity index (χ4v) is 2.46. The summed E-state index contributed by atoms with van der Waals surface area (Å²) in [5, 5.41) is 3.53. The monoisotopic (exact) mass is 245 g/mol. The van der Waals surface area contributed by atoms with Crippen LogP contribution >= 0.6 is 22.9 Å². The maximum absolute atomic E-state index is 5.95. The molecule has 1 N–H and O–H groups in total. The second-order valence-corrected chi connectivity index (χ2v) is 5.64. The van der Waals surface area contributed by atoms with Gasteiger partial charge in [0.25, 0.3) is 0 Å². The van der Waals surface area contributed by atoms with Crippen molar-refractivity contribution < 1.29 is 0 Å². The zero-order valence-corrected chi connectivity index (χ0v) is 11.3. The molecule has 0 amide bonds. The van der Waals surface area contributed by atoms with Crippen LogP contribution in [0, 0.1) is 0 Å². The van der Waals surface area contributed by atoms with E-state index in [9.17, 15) is 0 Å². The molecule has 1 nitrogen and oxygen atoms in total. The van der Waals surface area contributed by atoms with Crippen LogP contribution < -0.4 is 5.32 Å². The van der Waals surface area contributed by atoms with Crippen LogP contribution in [0.3, 0.4) is 0 Å². The molecule has 0 spiro atoms. The van der Waals surface area contributed by atoms with Gasteiger partial charge in [-0.1, -0.05) is 13.8 Å². The van der Waals surface area contributed by atoms with Gasteiger partial charge in [0.05, 0.1) is 0 Å². The normalized spacial score (nSPS) is 15.2. The summed E-state index contributed by atoms with van der Waals surface area (Å²) in [6.45, 7) is 7.47. The lowest BCUT2D eigenvalue weighted by Crippen LogP contribution is -2.42. The first kappa shape index (κ1) is 13.0. The molecule has 86 valence electrons. The zero-order chi connectivity index (χ0) is 11.3. The number of rotatable bonds is 6. The maximum atomic E-state index is 5.95. The smallest absolute Gasteiger partial charge is 0.0403 e. The topological polar surface area (TPSA) is 12.0 Å². The molecule has 15 heavy (non-hydrogen) atoms. The fourth-order valence-electron chi connectivity index (χ4n) is 1.27. The molecule has 1 rings (SSSR count). The van der Waals surface area contributed by atoms with Gasteiger partial charge in [-0.05, 0) is 31.9 Å². The highest BCUT2D eigenvalue weighted by Crippen LogP contribution is 2.19. The molecule has 1 atom stereocenters. The average molecular weight is 246 g/mol. The van der Waals surface area contributed by atoms with Crippen LogP contribution in [0.2, 0.25) is 0 Å². The second kappa shape index (κ2) is 5.88. The Bertz CT molecular complexity index is 292. The van der Waals surface area contributed by atoms with E-state index >= 15 is 0 Å². The van der Waals surface area contributed by atoms with Crippen LogP contribution in [0.4, 0.5) is 0 Å². The molecule has 0 saturated carbocycles. The second-order valence-electron chi connectivity index (χ2n) is 4.12.